The van der Waals surface area contributed by atoms with Crippen LogP contribution in [-0.4, -0.2) is 112 Å². The van der Waals surface area contributed by atoms with Gasteiger partial charge in [-0.2, -0.15) is 12.6 Å². The van der Waals surface area contributed by atoms with E-state index in [9.17, 15) is 4.79 Å². The van der Waals surface area contributed by atoms with Crippen molar-refractivity contribution in [3.63, 3.8) is 0 Å². The molecule has 0 bridgehead atoms. The first-order valence-electron chi connectivity index (χ1n) is 16.8. The minimum Gasteiger partial charge on any atom is -0.412 e. The van der Waals surface area contributed by atoms with Crippen LogP contribution in [0.3, 0.4) is 0 Å². The van der Waals surface area contributed by atoms with Crippen LogP contribution in [0, 0.1) is 189 Å². The molecule has 0 fully saturated rings. The maximum Gasteiger partial charge on any atom is 0.229 e. The molecule has 2 aliphatic heterocycles. The van der Waals surface area contributed by atoms with Gasteiger partial charge in [0.1, 0.15) is 0 Å². The summed E-state index contributed by atoms with van der Waals surface area (Å²) in [5, 5.41) is 10.6. The Balaban J connectivity index is -0.0000000175. The predicted molar refractivity (Wildman–Crippen MR) is 312 cm³/mol. The van der Waals surface area contributed by atoms with E-state index in [1.54, 1.807) is 13.8 Å². The van der Waals surface area contributed by atoms with Gasteiger partial charge in [0.05, 0.1) is 24.7 Å². The molecule has 1 amide bonds. The number of nitrogens with two attached hydrogens (primary N) is 1. The number of nitrogens with one attached hydrogen (secondary N) is 1. The molecule has 12 heteroatoms. The van der Waals surface area contributed by atoms with Gasteiger partial charge in [-0.3, -0.25) is 14.8 Å². The normalized spacial score (nSPS) is 9.57. The Bertz CT molecular complexity index is 2750. The first kappa shape index (κ1) is 53.9. The van der Waals surface area contributed by atoms with Crippen LogP contribution < -0.4 is 11.1 Å². The molecule has 0 aromatic heterocycles. The number of amides is 1. The third-order valence-corrected chi connectivity index (χ3v) is 6.11. The summed E-state index contributed by atoms with van der Waals surface area (Å²) >= 11 is 3.91. The molecule has 1 atom stereocenters. The van der Waals surface area contributed by atoms with E-state index in [-0.39, 0.29) is 65.9 Å². The highest BCUT2D eigenvalue weighted by atomic mass is 32.2. The summed E-state index contributed by atoms with van der Waals surface area (Å²) in [5.74, 6) is 87.2. The number of thiol groups is 2. The van der Waals surface area contributed by atoms with E-state index in [1.165, 1.54) is 0 Å². The molecule has 354 valence electrons. The highest BCUT2D eigenvalue weighted by molar-refractivity contribution is 7.88. The Morgan fingerprint density at radius 2 is 0.967 bits per heavy atom. The number of rotatable bonds is 7. The Morgan fingerprint density at radius 3 is 1.25 bits per heavy atom. The Kier molecular flexibility index (Phi) is 37.7. The number of aliphatic imine (C=N–C) groups is 2. The summed E-state index contributed by atoms with van der Waals surface area (Å²) in [4.78, 5) is 23.8. The van der Waals surface area contributed by atoms with Gasteiger partial charge in [0.15, 0.2) is 17.6 Å². The van der Waals surface area contributed by atoms with Crippen molar-refractivity contribution in [2.24, 2.45) is 15.7 Å². The Morgan fingerprint density at radius 1 is 0.667 bits per heavy atom. The molecule has 2 rings (SSSR count). The molecule has 0 saturated heterocycles. The average Bonchev–Trinajstić information content (AvgIpc) is 3.90. The average molecular weight is 886 g/mol. The first-order valence-corrected chi connectivity index (χ1v) is 19.1. The fourth-order valence-electron chi connectivity index (χ4n) is 3.23. The van der Waals surface area contributed by atoms with Crippen molar-refractivity contribution < 1.29 is 62.7 Å². The van der Waals surface area contributed by atoms with Crippen LogP contribution in [0.15, 0.2) is 9.98 Å². The number of carbonyl (C=O) groups is 1. The van der Waals surface area contributed by atoms with Crippen LogP contribution in [0.4, 0.5) is 0 Å². The van der Waals surface area contributed by atoms with Gasteiger partial charge in [0.2, 0.25) is 5.91 Å². The third-order valence-electron chi connectivity index (χ3n) is 5.50. The maximum atomic E-state index is 11.2. The number of hydrogen-bond donors (Lipinski definition) is 5. The zero-order valence-electron chi connectivity index (χ0n) is 32.8. The molecule has 0 aromatic rings. The molecule has 60 heavy (non-hydrogen) atoms. The molecule has 0 saturated carbocycles. The highest BCUT2D eigenvalue weighted by Crippen LogP contribution is 2.00. The van der Waals surface area contributed by atoms with Gasteiger partial charge in [-0.15, -0.1) is 0 Å². The van der Waals surface area contributed by atoms with E-state index in [4.69, 9.17) is 15.4 Å². The topological polar surface area (TPSA) is 158 Å². The summed E-state index contributed by atoms with van der Waals surface area (Å²) in [6, 6.07) is 0. The highest BCUT2D eigenvalue weighted by Gasteiger charge is 2.14. The zero-order valence-corrected chi connectivity index (χ0v) is 34.6. The molecular formula is C48H97N6O4S2+. The minimum atomic E-state index is -1.29. The van der Waals surface area contributed by atoms with E-state index in [0.717, 1.165) is 32.0 Å². The maximum absolute atomic E-state index is 11.2. The van der Waals surface area contributed by atoms with Crippen molar-refractivity contribution in [3.8, 4) is 189 Å². The van der Waals surface area contributed by atoms with E-state index < -0.39 is 10.8 Å². The second-order valence-corrected chi connectivity index (χ2v) is 11.2. The number of nitrogens with zero attached hydrogens (tertiary/aromatic N) is 4. The summed E-state index contributed by atoms with van der Waals surface area (Å²) < 4.78 is 8.06. The van der Waals surface area contributed by atoms with Gasteiger partial charge in [-0.1, -0.05) is 11.8 Å². The standard InChI is InChI=1S/C24H15N3OS.C22H13N3.C2H6O2S.H2O.30H2/c1-2-3-4-5-6-7-8-9-10-11-12-13-14-15-16-17-23-25-18-20-27(23)21-19-26-24(28)22-29;1-2-3-4-5-6-7-8-9-10-11-12-13-14-15-16-17-22-24-19-21-25(22)20-18-23;1-5(4)2-3;;;;;;;;;;;;;;;;;;;;;;;;;;;;;;;/h29H,18-22H2,1H3,(H,26,28);18-21,23H2,1H3;3-4H,1-2H2;1H2;30*1H/p+1. The summed E-state index contributed by atoms with van der Waals surface area (Å²) in [7, 11) is -1.29. The van der Waals surface area contributed by atoms with Crippen LogP contribution >= 0.6 is 12.6 Å². The number of hydrogen-bond acceptors (Lipinski definition) is 9. The van der Waals surface area contributed by atoms with Gasteiger partial charge in [-0.05, 0) is 191 Å². The Hall–Kier alpha value is -8.22. The summed E-state index contributed by atoms with van der Waals surface area (Å²) in [6.07, 6.45) is 0. The van der Waals surface area contributed by atoms with E-state index in [2.05, 4.69) is 223 Å². The predicted octanol–water partition coefficient (Wildman–Crippen LogP) is 5.25. The number of aliphatic hydroxyl groups excluding tert-OH is 1. The second-order valence-electron chi connectivity index (χ2n) is 9.58. The van der Waals surface area contributed by atoms with Crippen LogP contribution in [0.5, 0.6) is 0 Å². The first-order chi connectivity index (χ1) is 28.9. The molecule has 0 spiro atoms. The SMILES string of the molecule is C=[SH+](O)CO.CC#CC#CC#CC#CC#CC#CC#CC#CC1=NCCN1CCN.CC#CC#CC#CC#CC#CC#CC#CC#CC1=NCCN1CCNC(=O)CS.O.[HH].[HH].[HH].[HH].[HH].[HH].[HH].[HH].[HH].[HH].[HH].[HH].[HH].[HH].[HH].[HH].[HH].[HH].[HH].[HH].[HH].[HH].[HH].[HH].[HH].[HH].[HH].[HH].[HH].[HH]. The molecular weight excluding hydrogens is 789 g/mol. The van der Waals surface area contributed by atoms with Crippen molar-refractivity contribution in [2.45, 2.75) is 13.8 Å². The molecule has 0 aliphatic carbocycles. The lowest BCUT2D eigenvalue weighted by Gasteiger charge is -2.16. The summed E-state index contributed by atoms with van der Waals surface area (Å²) in [6.45, 7) is 8.94. The van der Waals surface area contributed by atoms with Gasteiger partial charge in [0.25, 0.3) is 0 Å². The van der Waals surface area contributed by atoms with Crippen molar-refractivity contribution in [1.29, 1.82) is 0 Å². The fourth-order valence-corrected chi connectivity index (χ4v) is 3.34. The molecule has 2 aliphatic rings. The Labute approximate surface area is 408 Å². The van der Waals surface area contributed by atoms with Crippen LogP contribution in [-0.2, 0) is 15.6 Å². The molecule has 7 N–H and O–H groups in total. The number of amidine groups is 2. The molecule has 10 nitrogen and oxygen atoms in total. The van der Waals surface area contributed by atoms with Gasteiger partial charge < -0.3 is 31.4 Å². The smallest absolute Gasteiger partial charge is 0.229 e. The number of carbonyl (C=O) groups excluding carboxylic acids is 1. The molecule has 2 heterocycles. The lowest BCUT2D eigenvalue weighted by atomic mass is 10.4. The van der Waals surface area contributed by atoms with Crippen molar-refractivity contribution in [3.05, 3.63) is 0 Å². The largest absolute Gasteiger partial charge is 0.412 e. The monoisotopic (exact) mass is 886 g/mol. The molecule has 0 radical (unpaired) electrons. The molecule has 1 unspecified atom stereocenters. The second kappa shape index (κ2) is 41.9. The zero-order chi connectivity index (χ0) is 43.3. The van der Waals surface area contributed by atoms with E-state index in [0.29, 0.717) is 32.0 Å². The van der Waals surface area contributed by atoms with E-state index >= 15 is 0 Å². The van der Waals surface area contributed by atoms with Gasteiger partial charge in [0, 0.05) is 92.8 Å². The van der Waals surface area contributed by atoms with Crippen LogP contribution in [0.1, 0.15) is 56.6 Å². The van der Waals surface area contributed by atoms with Gasteiger partial charge >= 0.3 is 0 Å². The minimum absolute atomic E-state index is 0. The van der Waals surface area contributed by atoms with E-state index in [1.807, 2.05) is 9.80 Å². The third kappa shape index (κ3) is 34.3. The lowest BCUT2D eigenvalue weighted by molar-refractivity contribution is -0.118. The van der Waals surface area contributed by atoms with Crippen LogP contribution in [0.25, 0.3) is 0 Å². The van der Waals surface area contributed by atoms with Crippen LogP contribution in [0.2, 0.25) is 0 Å². The number of aliphatic hydroxyl groups is 1. The van der Waals surface area contributed by atoms with Crippen molar-refractivity contribution >= 4 is 46.8 Å². The molecule has 0 aromatic carbocycles. The quantitative estimate of drug-likeness (QED) is 0.102. The fraction of sp³-hybridized carbons (Fsp3) is 0.250. The van der Waals surface area contributed by atoms with Crippen molar-refractivity contribution in [1.82, 2.24) is 15.1 Å². The van der Waals surface area contributed by atoms with Crippen molar-refractivity contribution in [2.75, 3.05) is 64.0 Å². The summed E-state index contributed by atoms with van der Waals surface area (Å²) in [5.41, 5.74) is 5.52. The van der Waals surface area contributed by atoms with Gasteiger partial charge in [-0.25, -0.2) is 4.55 Å². The lowest BCUT2D eigenvalue weighted by Crippen LogP contribution is -2.36.